The van der Waals surface area contributed by atoms with E-state index in [-0.39, 0.29) is 11.5 Å². The van der Waals surface area contributed by atoms with E-state index in [0.29, 0.717) is 5.41 Å². The summed E-state index contributed by atoms with van der Waals surface area (Å²) in [6.07, 6.45) is 3.26. The molecule has 2 fully saturated rings. The maximum absolute atomic E-state index is 13.6. The molecule has 2 saturated heterocycles. The van der Waals surface area contributed by atoms with Crippen molar-refractivity contribution in [3.8, 4) is 0 Å². The molecular formula is C15H19FN2O. The van der Waals surface area contributed by atoms with Gasteiger partial charge in [0.05, 0.1) is 5.56 Å². The van der Waals surface area contributed by atoms with Gasteiger partial charge in [0, 0.05) is 19.6 Å². The van der Waals surface area contributed by atoms with Crippen LogP contribution in [-0.2, 0) is 0 Å². The highest BCUT2D eigenvalue weighted by molar-refractivity contribution is 5.94. The minimum Gasteiger partial charge on any atom is -0.339 e. The normalized spacial score (nSPS) is 21.8. The largest absolute Gasteiger partial charge is 0.339 e. The summed E-state index contributed by atoms with van der Waals surface area (Å²) in [5.41, 5.74) is 0.578. The number of nitrogens with zero attached hydrogens (tertiary/aromatic N) is 1. The van der Waals surface area contributed by atoms with E-state index in [1.807, 2.05) is 0 Å². The van der Waals surface area contributed by atoms with Crippen LogP contribution in [0.1, 0.15) is 29.6 Å². The van der Waals surface area contributed by atoms with Crippen molar-refractivity contribution < 1.29 is 9.18 Å². The topological polar surface area (TPSA) is 32.3 Å². The molecule has 0 bridgehead atoms. The number of halogens is 1. The number of carbonyl (C=O) groups is 1. The van der Waals surface area contributed by atoms with E-state index in [2.05, 4.69) is 5.32 Å². The van der Waals surface area contributed by atoms with Crippen LogP contribution in [0.15, 0.2) is 24.3 Å². The molecule has 1 spiro atoms. The standard InChI is InChI=1S/C15H19FN2O/c16-13-4-2-1-3-12(13)14(19)18-9-6-15(7-10-18)5-8-17-11-15/h1-4,17H,5-11H2. The van der Waals surface area contributed by atoms with Gasteiger partial charge in [-0.05, 0) is 43.4 Å². The minimum absolute atomic E-state index is 0.168. The summed E-state index contributed by atoms with van der Waals surface area (Å²) < 4.78 is 13.6. The van der Waals surface area contributed by atoms with E-state index in [4.69, 9.17) is 0 Å². The molecule has 1 N–H and O–H groups in total. The number of amides is 1. The van der Waals surface area contributed by atoms with Gasteiger partial charge in [-0.1, -0.05) is 12.1 Å². The molecule has 1 aromatic carbocycles. The molecule has 0 unspecified atom stereocenters. The van der Waals surface area contributed by atoms with Gasteiger partial charge in [-0.25, -0.2) is 4.39 Å². The van der Waals surface area contributed by atoms with Crippen molar-refractivity contribution in [1.82, 2.24) is 10.2 Å². The quantitative estimate of drug-likeness (QED) is 0.840. The number of benzene rings is 1. The third-order valence-electron chi connectivity index (χ3n) is 4.55. The lowest BCUT2D eigenvalue weighted by Crippen LogP contribution is -2.44. The highest BCUT2D eigenvalue weighted by Crippen LogP contribution is 2.37. The molecule has 0 aliphatic carbocycles. The SMILES string of the molecule is O=C(c1ccccc1F)N1CCC2(CCNC2)CC1. The first-order chi connectivity index (χ1) is 9.20. The van der Waals surface area contributed by atoms with Gasteiger partial charge >= 0.3 is 0 Å². The Morgan fingerprint density at radius 1 is 1.21 bits per heavy atom. The Bertz CT molecular complexity index is 473. The molecule has 2 aliphatic heterocycles. The number of rotatable bonds is 1. The first kappa shape index (κ1) is 12.6. The molecule has 0 saturated carbocycles. The summed E-state index contributed by atoms with van der Waals surface area (Å²) in [6, 6.07) is 6.24. The van der Waals surface area contributed by atoms with Gasteiger partial charge < -0.3 is 10.2 Å². The summed E-state index contributed by atoms with van der Waals surface area (Å²) in [5, 5.41) is 3.40. The van der Waals surface area contributed by atoms with Gasteiger partial charge in [-0.3, -0.25) is 4.79 Å². The molecule has 2 heterocycles. The Morgan fingerprint density at radius 3 is 2.58 bits per heavy atom. The second-order valence-electron chi connectivity index (χ2n) is 5.70. The van der Waals surface area contributed by atoms with Gasteiger partial charge in [-0.2, -0.15) is 0 Å². The lowest BCUT2D eigenvalue weighted by molar-refractivity contribution is 0.0603. The zero-order valence-electron chi connectivity index (χ0n) is 11.0. The number of carbonyl (C=O) groups excluding carboxylic acids is 1. The van der Waals surface area contributed by atoms with Gasteiger partial charge in [0.25, 0.3) is 5.91 Å². The van der Waals surface area contributed by atoms with E-state index >= 15 is 0 Å². The van der Waals surface area contributed by atoms with Crippen LogP contribution in [0.4, 0.5) is 4.39 Å². The monoisotopic (exact) mass is 262 g/mol. The molecule has 1 amide bonds. The first-order valence-corrected chi connectivity index (χ1v) is 6.95. The van der Waals surface area contributed by atoms with Crippen molar-refractivity contribution in [1.29, 1.82) is 0 Å². The first-order valence-electron chi connectivity index (χ1n) is 6.95. The molecule has 2 aliphatic rings. The average molecular weight is 262 g/mol. The molecule has 19 heavy (non-hydrogen) atoms. The van der Waals surface area contributed by atoms with Crippen molar-refractivity contribution in [2.75, 3.05) is 26.2 Å². The lowest BCUT2D eigenvalue weighted by atomic mass is 9.78. The van der Waals surface area contributed by atoms with Crippen molar-refractivity contribution in [2.24, 2.45) is 5.41 Å². The third-order valence-corrected chi connectivity index (χ3v) is 4.55. The fourth-order valence-corrected chi connectivity index (χ4v) is 3.21. The van der Waals surface area contributed by atoms with Crippen molar-refractivity contribution in [3.63, 3.8) is 0 Å². The van der Waals surface area contributed by atoms with Gasteiger partial charge in [0.1, 0.15) is 5.82 Å². The summed E-state index contributed by atoms with van der Waals surface area (Å²) in [6.45, 7) is 3.64. The predicted octanol–water partition coefficient (Wildman–Crippen LogP) is 2.04. The van der Waals surface area contributed by atoms with Crippen LogP contribution < -0.4 is 5.32 Å². The Morgan fingerprint density at radius 2 is 1.95 bits per heavy atom. The smallest absolute Gasteiger partial charge is 0.256 e. The molecular weight excluding hydrogens is 243 g/mol. The number of piperidine rings is 1. The van der Waals surface area contributed by atoms with E-state index in [9.17, 15) is 9.18 Å². The van der Waals surface area contributed by atoms with Crippen LogP contribution in [0.5, 0.6) is 0 Å². The number of hydrogen-bond acceptors (Lipinski definition) is 2. The van der Waals surface area contributed by atoms with Crippen molar-refractivity contribution in [3.05, 3.63) is 35.6 Å². The van der Waals surface area contributed by atoms with E-state index < -0.39 is 5.82 Å². The second-order valence-corrected chi connectivity index (χ2v) is 5.70. The highest BCUT2D eigenvalue weighted by Gasteiger charge is 2.38. The minimum atomic E-state index is -0.421. The fraction of sp³-hybridized carbons (Fsp3) is 0.533. The number of hydrogen-bond donors (Lipinski definition) is 1. The Labute approximate surface area is 112 Å². The van der Waals surface area contributed by atoms with Crippen LogP contribution in [-0.4, -0.2) is 37.0 Å². The van der Waals surface area contributed by atoms with Crippen molar-refractivity contribution in [2.45, 2.75) is 19.3 Å². The molecule has 4 heteroatoms. The van der Waals surface area contributed by atoms with Crippen LogP contribution in [0.2, 0.25) is 0 Å². The van der Waals surface area contributed by atoms with Crippen LogP contribution in [0, 0.1) is 11.2 Å². The zero-order valence-corrected chi connectivity index (χ0v) is 11.0. The summed E-state index contributed by atoms with van der Waals surface area (Å²) >= 11 is 0. The fourth-order valence-electron chi connectivity index (χ4n) is 3.21. The molecule has 0 aromatic heterocycles. The summed E-state index contributed by atoms with van der Waals surface area (Å²) in [4.78, 5) is 14.1. The van der Waals surface area contributed by atoms with Crippen molar-refractivity contribution >= 4 is 5.91 Å². The second kappa shape index (κ2) is 4.93. The molecule has 1 aromatic rings. The highest BCUT2D eigenvalue weighted by atomic mass is 19.1. The van der Waals surface area contributed by atoms with E-state index in [1.165, 1.54) is 12.5 Å². The van der Waals surface area contributed by atoms with Crippen LogP contribution >= 0.6 is 0 Å². The lowest BCUT2D eigenvalue weighted by Gasteiger charge is -2.38. The molecule has 3 nitrogen and oxygen atoms in total. The van der Waals surface area contributed by atoms with Gasteiger partial charge in [0.15, 0.2) is 0 Å². The maximum atomic E-state index is 13.6. The maximum Gasteiger partial charge on any atom is 0.256 e. The predicted molar refractivity (Wildman–Crippen MR) is 71.5 cm³/mol. The van der Waals surface area contributed by atoms with Crippen LogP contribution in [0.25, 0.3) is 0 Å². The Hall–Kier alpha value is -1.42. The Balaban J connectivity index is 1.68. The zero-order chi connectivity index (χ0) is 13.3. The summed E-state index contributed by atoms with van der Waals surface area (Å²) in [7, 11) is 0. The average Bonchev–Trinajstić information content (AvgIpc) is 2.88. The van der Waals surface area contributed by atoms with E-state index in [1.54, 1.807) is 23.1 Å². The molecule has 3 rings (SSSR count). The number of likely N-dealkylation sites (tertiary alicyclic amines) is 1. The van der Waals surface area contributed by atoms with Gasteiger partial charge in [0.2, 0.25) is 0 Å². The third kappa shape index (κ3) is 2.37. The Kier molecular flexibility index (Phi) is 3.27. The van der Waals surface area contributed by atoms with Crippen LogP contribution in [0.3, 0.4) is 0 Å². The van der Waals surface area contributed by atoms with Gasteiger partial charge in [-0.15, -0.1) is 0 Å². The molecule has 0 radical (unpaired) electrons. The van der Waals surface area contributed by atoms with E-state index in [0.717, 1.165) is 39.0 Å². The number of nitrogens with one attached hydrogen (secondary N) is 1. The molecule has 102 valence electrons. The summed E-state index contributed by atoms with van der Waals surface area (Å²) in [5.74, 6) is -0.589. The molecule has 0 atom stereocenters.